The summed E-state index contributed by atoms with van der Waals surface area (Å²) >= 11 is 0. The zero-order chi connectivity index (χ0) is 14.8. The van der Waals surface area contributed by atoms with Gasteiger partial charge < -0.3 is 10.6 Å². The van der Waals surface area contributed by atoms with Crippen LogP contribution in [-0.4, -0.2) is 23.9 Å². The molecule has 1 amide bonds. The van der Waals surface area contributed by atoms with E-state index in [0.717, 1.165) is 25.9 Å². The molecule has 0 unspecified atom stereocenters. The average Bonchev–Trinajstić information content (AvgIpc) is 2.41. The Balaban J connectivity index is 2.19. The van der Waals surface area contributed by atoms with E-state index in [1.807, 2.05) is 6.92 Å². The maximum absolute atomic E-state index is 12.4. The van der Waals surface area contributed by atoms with E-state index in [0.29, 0.717) is 11.3 Å². The predicted molar refractivity (Wildman–Crippen MR) is 76.7 cm³/mol. The number of nitrogens with zero attached hydrogens (tertiary/aromatic N) is 1. The Kier molecular flexibility index (Phi) is 4.04. The zero-order valence-electron chi connectivity index (χ0n) is 11.7. The number of nitro benzene ring substituents is 1. The van der Waals surface area contributed by atoms with Crippen LogP contribution < -0.4 is 10.6 Å². The van der Waals surface area contributed by atoms with E-state index in [9.17, 15) is 14.9 Å². The van der Waals surface area contributed by atoms with Crippen molar-refractivity contribution in [1.29, 1.82) is 0 Å². The van der Waals surface area contributed by atoms with Gasteiger partial charge in [-0.15, -0.1) is 0 Å². The topological polar surface area (TPSA) is 84.3 Å². The van der Waals surface area contributed by atoms with Crippen molar-refractivity contribution in [2.75, 3.05) is 18.4 Å². The highest BCUT2D eigenvalue weighted by atomic mass is 16.6. The van der Waals surface area contributed by atoms with Crippen LogP contribution in [0.25, 0.3) is 0 Å². The fourth-order valence-corrected chi connectivity index (χ4v) is 2.44. The zero-order valence-corrected chi connectivity index (χ0v) is 11.7. The van der Waals surface area contributed by atoms with E-state index in [1.54, 1.807) is 19.1 Å². The molecule has 1 aliphatic rings. The highest BCUT2D eigenvalue weighted by molar-refractivity contribution is 5.96. The normalized spacial score (nSPS) is 17.5. The second-order valence-corrected chi connectivity index (χ2v) is 5.47. The predicted octanol–water partition coefficient (Wildman–Crippen LogP) is 2.23. The Bertz CT molecular complexity index is 536. The third-order valence-corrected chi connectivity index (χ3v) is 4.01. The SMILES string of the molecule is Cc1c(NC(=O)C2(C)CCNCC2)cccc1[N+](=O)[O-]. The molecule has 1 heterocycles. The number of amides is 1. The number of rotatable bonds is 3. The van der Waals surface area contributed by atoms with Crippen molar-refractivity contribution in [3.05, 3.63) is 33.9 Å². The lowest BCUT2D eigenvalue weighted by Crippen LogP contribution is -2.42. The summed E-state index contributed by atoms with van der Waals surface area (Å²) in [5.41, 5.74) is 0.619. The van der Waals surface area contributed by atoms with Gasteiger partial charge in [0.2, 0.25) is 5.91 Å². The molecule has 6 nitrogen and oxygen atoms in total. The van der Waals surface area contributed by atoms with Crippen molar-refractivity contribution >= 4 is 17.3 Å². The van der Waals surface area contributed by atoms with E-state index in [1.165, 1.54) is 6.07 Å². The van der Waals surface area contributed by atoms with Crippen molar-refractivity contribution in [3.8, 4) is 0 Å². The molecule has 0 atom stereocenters. The molecule has 0 bridgehead atoms. The molecule has 0 spiro atoms. The third kappa shape index (κ3) is 2.80. The summed E-state index contributed by atoms with van der Waals surface area (Å²) in [5, 5.41) is 17.0. The Morgan fingerprint density at radius 2 is 2.05 bits per heavy atom. The number of hydrogen-bond acceptors (Lipinski definition) is 4. The lowest BCUT2D eigenvalue weighted by atomic mass is 9.80. The summed E-state index contributed by atoms with van der Waals surface area (Å²) in [6, 6.07) is 4.73. The summed E-state index contributed by atoms with van der Waals surface area (Å²) in [7, 11) is 0. The largest absolute Gasteiger partial charge is 0.325 e. The summed E-state index contributed by atoms with van der Waals surface area (Å²) in [4.78, 5) is 22.9. The molecule has 20 heavy (non-hydrogen) atoms. The number of benzene rings is 1. The summed E-state index contributed by atoms with van der Waals surface area (Å²) in [5.74, 6) is -0.0670. The van der Waals surface area contributed by atoms with E-state index in [4.69, 9.17) is 0 Å². The van der Waals surface area contributed by atoms with E-state index >= 15 is 0 Å². The average molecular weight is 277 g/mol. The lowest BCUT2D eigenvalue weighted by molar-refractivity contribution is -0.385. The number of nitro groups is 1. The molecule has 1 aromatic carbocycles. The van der Waals surface area contributed by atoms with Crippen LogP contribution in [0.15, 0.2) is 18.2 Å². The highest BCUT2D eigenvalue weighted by Gasteiger charge is 2.34. The summed E-state index contributed by atoms with van der Waals surface area (Å²) < 4.78 is 0. The molecular formula is C14H19N3O3. The first-order valence-corrected chi connectivity index (χ1v) is 6.70. The van der Waals surface area contributed by atoms with Crippen LogP contribution >= 0.6 is 0 Å². The second-order valence-electron chi connectivity index (χ2n) is 5.47. The van der Waals surface area contributed by atoms with Gasteiger partial charge in [0, 0.05) is 11.5 Å². The standard InChI is InChI=1S/C14H19N3O3/c1-10-11(4-3-5-12(10)17(19)20)16-13(18)14(2)6-8-15-9-7-14/h3-5,15H,6-9H2,1-2H3,(H,16,18). The van der Waals surface area contributed by atoms with Gasteiger partial charge in [0.15, 0.2) is 0 Å². The van der Waals surface area contributed by atoms with Gasteiger partial charge in [-0.1, -0.05) is 13.0 Å². The first-order chi connectivity index (χ1) is 9.44. The van der Waals surface area contributed by atoms with Crippen LogP contribution in [0.3, 0.4) is 0 Å². The quantitative estimate of drug-likeness (QED) is 0.655. The molecule has 2 N–H and O–H groups in total. The number of anilines is 1. The smallest absolute Gasteiger partial charge is 0.274 e. The minimum absolute atomic E-state index is 0.0262. The summed E-state index contributed by atoms with van der Waals surface area (Å²) in [6.45, 7) is 5.23. The van der Waals surface area contributed by atoms with Gasteiger partial charge in [-0.2, -0.15) is 0 Å². The number of piperidine rings is 1. The van der Waals surface area contributed by atoms with E-state index in [-0.39, 0.29) is 11.6 Å². The van der Waals surface area contributed by atoms with Crippen LogP contribution in [0.4, 0.5) is 11.4 Å². The molecule has 2 rings (SSSR count). The minimum Gasteiger partial charge on any atom is -0.325 e. The van der Waals surface area contributed by atoms with Crippen molar-refractivity contribution < 1.29 is 9.72 Å². The first kappa shape index (κ1) is 14.5. The Labute approximate surface area is 117 Å². The lowest BCUT2D eigenvalue weighted by Gasteiger charge is -2.32. The fourth-order valence-electron chi connectivity index (χ4n) is 2.44. The van der Waals surface area contributed by atoms with Gasteiger partial charge in [0.05, 0.1) is 16.2 Å². The van der Waals surface area contributed by atoms with Crippen molar-refractivity contribution in [2.45, 2.75) is 26.7 Å². The molecule has 0 aromatic heterocycles. The van der Waals surface area contributed by atoms with Crippen LogP contribution in [0.5, 0.6) is 0 Å². The number of carbonyl (C=O) groups is 1. The van der Waals surface area contributed by atoms with Gasteiger partial charge in [-0.3, -0.25) is 14.9 Å². The maximum atomic E-state index is 12.4. The van der Waals surface area contributed by atoms with Gasteiger partial charge in [0.1, 0.15) is 0 Å². The van der Waals surface area contributed by atoms with Crippen LogP contribution in [0, 0.1) is 22.5 Å². The number of carbonyl (C=O) groups excluding carboxylic acids is 1. The molecule has 0 saturated carbocycles. The maximum Gasteiger partial charge on any atom is 0.274 e. The molecule has 1 fully saturated rings. The number of nitrogens with one attached hydrogen (secondary N) is 2. The van der Waals surface area contributed by atoms with Crippen molar-refractivity contribution in [2.24, 2.45) is 5.41 Å². The molecular weight excluding hydrogens is 258 g/mol. The second kappa shape index (κ2) is 5.58. The fraction of sp³-hybridized carbons (Fsp3) is 0.500. The van der Waals surface area contributed by atoms with Crippen LogP contribution in [-0.2, 0) is 4.79 Å². The Morgan fingerprint density at radius 3 is 2.65 bits per heavy atom. The molecule has 1 aliphatic heterocycles. The van der Waals surface area contributed by atoms with Crippen molar-refractivity contribution in [1.82, 2.24) is 5.32 Å². The Hall–Kier alpha value is -1.95. The molecule has 108 valence electrons. The molecule has 1 saturated heterocycles. The first-order valence-electron chi connectivity index (χ1n) is 6.70. The van der Waals surface area contributed by atoms with Crippen molar-refractivity contribution in [3.63, 3.8) is 0 Å². The third-order valence-electron chi connectivity index (χ3n) is 4.01. The molecule has 0 aliphatic carbocycles. The van der Waals surface area contributed by atoms with E-state index in [2.05, 4.69) is 10.6 Å². The van der Waals surface area contributed by atoms with Gasteiger partial charge in [-0.05, 0) is 38.9 Å². The van der Waals surface area contributed by atoms with Crippen LogP contribution in [0.1, 0.15) is 25.3 Å². The Morgan fingerprint density at radius 1 is 1.40 bits per heavy atom. The van der Waals surface area contributed by atoms with Gasteiger partial charge in [-0.25, -0.2) is 0 Å². The van der Waals surface area contributed by atoms with Gasteiger partial charge in [0.25, 0.3) is 5.69 Å². The summed E-state index contributed by atoms with van der Waals surface area (Å²) in [6.07, 6.45) is 1.54. The van der Waals surface area contributed by atoms with E-state index < -0.39 is 10.3 Å². The number of hydrogen-bond donors (Lipinski definition) is 2. The monoisotopic (exact) mass is 277 g/mol. The molecule has 6 heteroatoms. The minimum atomic E-state index is -0.433. The van der Waals surface area contributed by atoms with Crippen LogP contribution in [0.2, 0.25) is 0 Å². The molecule has 1 aromatic rings. The molecule has 0 radical (unpaired) electrons. The van der Waals surface area contributed by atoms with Gasteiger partial charge >= 0.3 is 0 Å². The highest BCUT2D eigenvalue weighted by Crippen LogP contribution is 2.31.